The number of hydrogen-bond donors (Lipinski definition) is 3. The predicted molar refractivity (Wildman–Crippen MR) is 74.0 cm³/mol. The lowest BCUT2D eigenvalue weighted by atomic mass is 9.90. The van der Waals surface area contributed by atoms with Gasteiger partial charge in [0.2, 0.25) is 0 Å². The molecule has 1 aromatic carbocycles. The fourth-order valence-electron chi connectivity index (χ4n) is 1.84. The summed E-state index contributed by atoms with van der Waals surface area (Å²) >= 11 is 0. The number of anilines is 1. The fraction of sp³-hybridized carbons (Fsp3) is 0.500. The SMILES string of the molecule is CCC([NH3+])(CC)CCNC(=O)c1ccccc1N.[Br-]. The molecule has 0 aliphatic rings. The van der Waals surface area contributed by atoms with Crippen molar-refractivity contribution >= 4 is 11.6 Å². The number of amides is 1. The molecule has 1 amide bonds. The summed E-state index contributed by atoms with van der Waals surface area (Å²) in [5.74, 6) is -0.109. The first kappa shape index (κ1) is 17.9. The summed E-state index contributed by atoms with van der Waals surface area (Å²) in [5.41, 5.74) is 11.1. The normalized spacial score (nSPS) is 10.7. The third kappa shape index (κ3) is 5.20. The Hall–Kier alpha value is -1.07. The molecule has 0 bridgehead atoms. The zero-order valence-electron chi connectivity index (χ0n) is 11.7. The van der Waals surface area contributed by atoms with Crippen molar-refractivity contribution in [3.63, 3.8) is 0 Å². The Labute approximate surface area is 125 Å². The third-order valence-corrected chi connectivity index (χ3v) is 3.65. The minimum Gasteiger partial charge on any atom is -1.00 e. The van der Waals surface area contributed by atoms with Crippen LogP contribution in [0.1, 0.15) is 43.5 Å². The number of rotatable bonds is 6. The summed E-state index contributed by atoms with van der Waals surface area (Å²) < 4.78 is 0. The minimum absolute atomic E-state index is 0. The zero-order valence-corrected chi connectivity index (χ0v) is 13.3. The van der Waals surface area contributed by atoms with Crippen LogP contribution in [0.25, 0.3) is 0 Å². The van der Waals surface area contributed by atoms with Crippen molar-refractivity contribution in [2.75, 3.05) is 12.3 Å². The van der Waals surface area contributed by atoms with Crippen LogP contribution in [0.3, 0.4) is 0 Å². The Kier molecular flexibility index (Phi) is 7.71. The Balaban J connectivity index is 0.00000324. The van der Waals surface area contributed by atoms with Gasteiger partial charge in [-0.05, 0) is 25.0 Å². The van der Waals surface area contributed by atoms with E-state index in [0.29, 0.717) is 17.8 Å². The number of carbonyl (C=O) groups excluding carboxylic acids is 1. The first-order chi connectivity index (χ1) is 8.52. The topological polar surface area (TPSA) is 82.8 Å². The number of nitrogens with two attached hydrogens (primary N) is 1. The number of hydrogen-bond acceptors (Lipinski definition) is 2. The molecule has 5 heteroatoms. The average Bonchev–Trinajstić information content (AvgIpc) is 2.39. The summed E-state index contributed by atoms with van der Waals surface area (Å²) in [6.45, 7) is 4.90. The average molecular weight is 330 g/mol. The first-order valence-electron chi connectivity index (χ1n) is 6.50. The van der Waals surface area contributed by atoms with Gasteiger partial charge in [-0.3, -0.25) is 4.79 Å². The Morgan fingerprint density at radius 1 is 1.32 bits per heavy atom. The lowest BCUT2D eigenvalue weighted by Crippen LogP contribution is -3.00. The van der Waals surface area contributed by atoms with Gasteiger partial charge in [-0.2, -0.15) is 0 Å². The largest absolute Gasteiger partial charge is 1.00 e. The maximum atomic E-state index is 11.9. The number of halogens is 1. The highest BCUT2D eigenvalue weighted by molar-refractivity contribution is 5.98. The smallest absolute Gasteiger partial charge is 0.253 e. The number of quaternary nitrogens is 1. The highest BCUT2D eigenvalue weighted by Gasteiger charge is 2.24. The van der Waals surface area contributed by atoms with Crippen LogP contribution >= 0.6 is 0 Å². The standard InChI is InChI=1S/C14H23N3O.BrH/c1-3-14(16,4-2)9-10-17-13(18)11-7-5-6-8-12(11)15;/h5-8H,3-4,9-10,15-16H2,1-2H3,(H,17,18);1H. The van der Waals surface area contributed by atoms with E-state index < -0.39 is 0 Å². The molecule has 0 radical (unpaired) electrons. The quantitative estimate of drug-likeness (QED) is 0.538. The van der Waals surface area contributed by atoms with Crippen molar-refractivity contribution in [2.45, 2.75) is 38.6 Å². The summed E-state index contributed by atoms with van der Waals surface area (Å²) in [7, 11) is 0. The van der Waals surface area contributed by atoms with Crippen molar-refractivity contribution in [3.05, 3.63) is 29.8 Å². The molecule has 4 nitrogen and oxygen atoms in total. The molecule has 0 aliphatic carbocycles. The minimum atomic E-state index is -0.109. The number of carbonyl (C=O) groups is 1. The van der Waals surface area contributed by atoms with E-state index in [1.807, 2.05) is 12.1 Å². The molecule has 6 N–H and O–H groups in total. The maximum Gasteiger partial charge on any atom is 0.253 e. The predicted octanol–water partition coefficient (Wildman–Crippen LogP) is -1.81. The molecule has 1 rings (SSSR count). The van der Waals surface area contributed by atoms with E-state index in [2.05, 4.69) is 24.9 Å². The van der Waals surface area contributed by atoms with E-state index in [0.717, 1.165) is 19.3 Å². The first-order valence-corrected chi connectivity index (χ1v) is 6.50. The summed E-state index contributed by atoms with van der Waals surface area (Å²) in [6.07, 6.45) is 2.93. The van der Waals surface area contributed by atoms with Crippen molar-refractivity contribution in [1.29, 1.82) is 0 Å². The molecular formula is C14H24BrN3O. The van der Waals surface area contributed by atoms with Gasteiger partial charge in [0.05, 0.1) is 11.1 Å². The van der Waals surface area contributed by atoms with Gasteiger partial charge < -0.3 is 33.8 Å². The van der Waals surface area contributed by atoms with Crippen LogP contribution in [0.5, 0.6) is 0 Å². The van der Waals surface area contributed by atoms with Crippen LogP contribution in [0, 0.1) is 0 Å². The highest BCUT2D eigenvalue weighted by Crippen LogP contribution is 2.13. The van der Waals surface area contributed by atoms with E-state index in [1.54, 1.807) is 12.1 Å². The second kappa shape index (κ2) is 8.17. The summed E-state index contributed by atoms with van der Waals surface area (Å²) in [4.78, 5) is 11.9. The lowest BCUT2D eigenvalue weighted by molar-refractivity contribution is -0.481. The fourth-order valence-corrected chi connectivity index (χ4v) is 1.84. The van der Waals surface area contributed by atoms with Crippen LogP contribution in [0.4, 0.5) is 5.69 Å². The number of benzene rings is 1. The molecule has 0 fully saturated rings. The van der Waals surface area contributed by atoms with Crippen molar-refractivity contribution in [1.82, 2.24) is 5.32 Å². The monoisotopic (exact) mass is 329 g/mol. The van der Waals surface area contributed by atoms with Gasteiger partial charge in [0.25, 0.3) is 5.91 Å². The van der Waals surface area contributed by atoms with E-state index in [-0.39, 0.29) is 28.4 Å². The van der Waals surface area contributed by atoms with Crippen LogP contribution < -0.4 is 33.8 Å². The van der Waals surface area contributed by atoms with Gasteiger partial charge in [-0.15, -0.1) is 0 Å². The van der Waals surface area contributed by atoms with E-state index in [9.17, 15) is 4.79 Å². The van der Waals surface area contributed by atoms with Gasteiger partial charge in [0.15, 0.2) is 0 Å². The maximum absolute atomic E-state index is 11.9. The molecular weight excluding hydrogens is 306 g/mol. The molecule has 1 aromatic rings. The van der Waals surface area contributed by atoms with Gasteiger partial charge >= 0.3 is 0 Å². The number of nitrogens with one attached hydrogen (secondary N) is 1. The van der Waals surface area contributed by atoms with Crippen molar-refractivity contribution in [2.24, 2.45) is 0 Å². The molecule has 0 aliphatic heterocycles. The third-order valence-electron chi connectivity index (χ3n) is 3.65. The van der Waals surface area contributed by atoms with Crippen LogP contribution in [0.2, 0.25) is 0 Å². The Morgan fingerprint density at radius 3 is 2.42 bits per heavy atom. The van der Waals surface area contributed by atoms with Crippen LogP contribution in [-0.4, -0.2) is 18.0 Å². The molecule has 0 aromatic heterocycles. The molecule has 0 saturated carbocycles. The second-order valence-corrected chi connectivity index (χ2v) is 4.80. The number of nitrogen functional groups attached to an aromatic ring is 1. The summed E-state index contributed by atoms with van der Waals surface area (Å²) in [5, 5.41) is 2.91. The van der Waals surface area contributed by atoms with Gasteiger partial charge in [0.1, 0.15) is 0 Å². The summed E-state index contributed by atoms with van der Waals surface area (Å²) in [6, 6.07) is 7.11. The van der Waals surface area contributed by atoms with Crippen molar-refractivity contribution < 1.29 is 27.5 Å². The molecule has 0 unspecified atom stereocenters. The second-order valence-electron chi connectivity index (χ2n) is 4.80. The van der Waals surface area contributed by atoms with Gasteiger partial charge in [-0.1, -0.05) is 26.0 Å². The van der Waals surface area contributed by atoms with E-state index in [4.69, 9.17) is 5.73 Å². The van der Waals surface area contributed by atoms with E-state index >= 15 is 0 Å². The molecule has 108 valence electrons. The number of para-hydroxylation sites is 1. The molecule has 0 atom stereocenters. The Morgan fingerprint density at radius 2 is 1.89 bits per heavy atom. The lowest BCUT2D eigenvalue weighted by Gasteiger charge is -2.22. The van der Waals surface area contributed by atoms with Crippen LogP contribution in [0.15, 0.2) is 24.3 Å². The van der Waals surface area contributed by atoms with Gasteiger partial charge in [-0.25, -0.2) is 0 Å². The molecule has 19 heavy (non-hydrogen) atoms. The Bertz CT molecular complexity index is 405. The molecule has 0 saturated heterocycles. The van der Waals surface area contributed by atoms with Gasteiger partial charge in [0, 0.05) is 18.7 Å². The highest BCUT2D eigenvalue weighted by atomic mass is 79.9. The van der Waals surface area contributed by atoms with E-state index in [1.165, 1.54) is 0 Å². The molecule has 0 heterocycles. The molecule has 0 spiro atoms. The van der Waals surface area contributed by atoms with Crippen LogP contribution in [-0.2, 0) is 0 Å². The zero-order chi connectivity index (χ0) is 13.6. The van der Waals surface area contributed by atoms with Crippen molar-refractivity contribution in [3.8, 4) is 0 Å².